The fourth-order valence-corrected chi connectivity index (χ4v) is 2.43. The average molecular weight is 272 g/mol. The Morgan fingerprint density at radius 1 is 1.40 bits per heavy atom. The van der Waals surface area contributed by atoms with Crippen LogP contribution in [0.3, 0.4) is 0 Å². The molecule has 20 heavy (non-hydrogen) atoms. The van der Waals surface area contributed by atoms with E-state index >= 15 is 0 Å². The van der Waals surface area contributed by atoms with E-state index in [1.807, 2.05) is 12.1 Å². The minimum absolute atomic E-state index is 0.0152. The summed E-state index contributed by atoms with van der Waals surface area (Å²) < 4.78 is 5.64. The zero-order valence-electron chi connectivity index (χ0n) is 11.9. The molecule has 0 aliphatic heterocycles. The number of fused-ring (bicyclic) bond motifs is 1. The van der Waals surface area contributed by atoms with Crippen LogP contribution in [0.2, 0.25) is 0 Å². The van der Waals surface area contributed by atoms with Crippen LogP contribution in [0.25, 0.3) is 0 Å². The van der Waals surface area contributed by atoms with E-state index in [0.29, 0.717) is 26.0 Å². The molecule has 1 aliphatic carbocycles. The van der Waals surface area contributed by atoms with E-state index in [4.69, 9.17) is 10.00 Å². The summed E-state index contributed by atoms with van der Waals surface area (Å²) in [5.41, 5.74) is 2.80. The lowest BCUT2D eigenvalue weighted by Gasteiger charge is -2.15. The molecular formula is C16H20N2O2. The van der Waals surface area contributed by atoms with Crippen molar-refractivity contribution in [1.82, 2.24) is 4.90 Å². The van der Waals surface area contributed by atoms with Gasteiger partial charge >= 0.3 is 0 Å². The highest BCUT2D eigenvalue weighted by atomic mass is 16.5. The zero-order valence-corrected chi connectivity index (χ0v) is 11.9. The van der Waals surface area contributed by atoms with Crippen LogP contribution in [-0.4, -0.2) is 31.0 Å². The number of rotatable bonds is 6. The van der Waals surface area contributed by atoms with Gasteiger partial charge in [-0.3, -0.25) is 4.79 Å². The molecule has 1 amide bonds. The van der Waals surface area contributed by atoms with Gasteiger partial charge in [0.2, 0.25) is 5.91 Å². The first-order valence-corrected chi connectivity index (χ1v) is 7.06. The van der Waals surface area contributed by atoms with E-state index in [1.165, 1.54) is 17.5 Å². The van der Waals surface area contributed by atoms with Gasteiger partial charge in [-0.2, -0.15) is 5.26 Å². The number of benzene rings is 1. The second kappa shape index (κ2) is 6.95. The Morgan fingerprint density at radius 2 is 2.20 bits per heavy atom. The van der Waals surface area contributed by atoms with Crippen molar-refractivity contribution >= 4 is 5.91 Å². The Kier molecular flexibility index (Phi) is 5.00. The van der Waals surface area contributed by atoms with Gasteiger partial charge in [-0.05, 0) is 42.5 Å². The number of amides is 1. The minimum Gasteiger partial charge on any atom is -0.493 e. The topological polar surface area (TPSA) is 53.3 Å². The van der Waals surface area contributed by atoms with Crippen LogP contribution in [-0.2, 0) is 17.6 Å². The van der Waals surface area contributed by atoms with E-state index < -0.39 is 0 Å². The van der Waals surface area contributed by atoms with Gasteiger partial charge in [-0.1, -0.05) is 6.07 Å². The lowest BCUT2D eigenvalue weighted by molar-refractivity contribution is -0.130. The molecule has 0 radical (unpaired) electrons. The summed E-state index contributed by atoms with van der Waals surface area (Å²) in [5, 5.41) is 8.49. The summed E-state index contributed by atoms with van der Waals surface area (Å²) >= 11 is 0. The fourth-order valence-electron chi connectivity index (χ4n) is 2.43. The molecule has 0 fully saturated rings. The molecule has 0 bridgehead atoms. The fraction of sp³-hybridized carbons (Fsp3) is 0.500. The highest BCUT2D eigenvalue weighted by molar-refractivity contribution is 5.75. The van der Waals surface area contributed by atoms with Crippen molar-refractivity contribution in [1.29, 1.82) is 5.26 Å². The molecule has 1 aromatic carbocycles. The maximum atomic E-state index is 11.8. The molecule has 0 atom stereocenters. The van der Waals surface area contributed by atoms with Crippen molar-refractivity contribution in [2.75, 3.05) is 20.2 Å². The van der Waals surface area contributed by atoms with Gasteiger partial charge in [0, 0.05) is 13.6 Å². The first-order valence-electron chi connectivity index (χ1n) is 7.06. The first-order chi connectivity index (χ1) is 9.70. The second-order valence-corrected chi connectivity index (χ2v) is 5.11. The maximum absolute atomic E-state index is 11.8. The first kappa shape index (κ1) is 14.4. The van der Waals surface area contributed by atoms with E-state index in [-0.39, 0.29) is 5.91 Å². The molecule has 0 saturated heterocycles. The highest BCUT2D eigenvalue weighted by Crippen LogP contribution is 2.26. The van der Waals surface area contributed by atoms with Crippen LogP contribution >= 0.6 is 0 Å². The minimum atomic E-state index is 0.0152. The standard InChI is InChI=1S/C16H20N2O2/c1-18(10-3-9-17)16(19)8-11-20-15-7-6-13-4-2-5-14(13)12-15/h6-7,12H,2-5,8,10-11H2,1H3. The van der Waals surface area contributed by atoms with Crippen molar-refractivity contribution in [3.8, 4) is 11.8 Å². The summed E-state index contributed by atoms with van der Waals surface area (Å²) in [6, 6.07) is 8.23. The van der Waals surface area contributed by atoms with Crippen molar-refractivity contribution in [3.05, 3.63) is 29.3 Å². The van der Waals surface area contributed by atoms with Gasteiger partial charge in [-0.15, -0.1) is 0 Å². The van der Waals surface area contributed by atoms with Crippen molar-refractivity contribution in [2.45, 2.75) is 32.1 Å². The molecule has 1 aromatic rings. The lowest BCUT2D eigenvalue weighted by Crippen LogP contribution is -2.28. The summed E-state index contributed by atoms with van der Waals surface area (Å²) in [5.74, 6) is 0.861. The zero-order chi connectivity index (χ0) is 14.4. The van der Waals surface area contributed by atoms with Gasteiger partial charge in [0.05, 0.1) is 25.5 Å². The number of carbonyl (C=O) groups excluding carboxylic acids is 1. The Labute approximate surface area is 120 Å². The monoisotopic (exact) mass is 272 g/mol. The molecular weight excluding hydrogens is 252 g/mol. The van der Waals surface area contributed by atoms with E-state index in [9.17, 15) is 4.79 Å². The van der Waals surface area contributed by atoms with E-state index in [2.05, 4.69) is 12.1 Å². The quantitative estimate of drug-likeness (QED) is 0.798. The number of nitrogens with zero attached hydrogens (tertiary/aromatic N) is 2. The SMILES string of the molecule is CN(CCC#N)C(=O)CCOc1ccc2c(c1)CCC2. The summed E-state index contributed by atoms with van der Waals surface area (Å²) in [6.45, 7) is 0.864. The van der Waals surface area contributed by atoms with E-state index in [0.717, 1.165) is 18.6 Å². The molecule has 0 N–H and O–H groups in total. The molecule has 0 heterocycles. The molecule has 0 unspecified atom stereocenters. The van der Waals surface area contributed by atoms with Crippen molar-refractivity contribution in [2.24, 2.45) is 0 Å². The van der Waals surface area contributed by atoms with E-state index in [1.54, 1.807) is 11.9 Å². The molecule has 4 heteroatoms. The second-order valence-electron chi connectivity index (χ2n) is 5.11. The van der Waals surface area contributed by atoms with Crippen molar-refractivity contribution in [3.63, 3.8) is 0 Å². The van der Waals surface area contributed by atoms with Gasteiger partial charge < -0.3 is 9.64 Å². The van der Waals surface area contributed by atoms with Crippen LogP contribution in [0, 0.1) is 11.3 Å². The molecule has 4 nitrogen and oxygen atoms in total. The summed E-state index contributed by atoms with van der Waals surface area (Å²) in [4.78, 5) is 13.3. The van der Waals surface area contributed by atoms with Crippen LogP contribution in [0.5, 0.6) is 5.75 Å². The number of carbonyl (C=O) groups is 1. The normalized spacial score (nSPS) is 12.6. The Morgan fingerprint density at radius 3 is 3.00 bits per heavy atom. The number of nitriles is 1. The van der Waals surface area contributed by atoms with Gasteiger partial charge in [0.1, 0.15) is 5.75 Å². The summed E-state index contributed by atoms with van der Waals surface area (Å²) in [7, 11) is 1.72. The molecule has 0 spiro atoms. The third-order valence-corrected chi connectivity index (χ3v) is 3.64. The number of aryl methyl sites for hydroxylation is 2. The lowest BCUT2D eigenvalue weighted by atomic mass is 10.1. The number of hydrogen-bond donors (Lipinski definition) is 0. The van der Waals surface area contributed by atoms with Gasteiger partial charge in [0.25, 0.3) is 0 Å². The summed E-state index contributed by atoms with van der Waals surface area (Å²) in [6.07, 6.45) is 4.23. The Balaban J connectivity index is 1.76. The number of ether oxygens (including phenoxy) is 1. The van der Waals surface area contributed by atoms with Gasteiger partial charge in [0.15, 0.2) is 0 Å². The third kappa shape index (κ3) is 3.74. The predicted octanol–water partition coefficient (Wildman–Crippen LogP) is 2.32. The predicted molar refractivity (Wildman–Crippen MR) is 76.4 cm³/mol. The Bertz CT molecular complexity index is 520. The van der Waals surface area contributed by atoms with Gasteiger partial charge in [-0.25, -0.2) is 0 Å². The number of hydrogen-bond acceptors (Lipinski definition) is 3. The maximum Gasteiger partial charge on any atom is 0.225 e. The molecule has 106 valence electrons. The molecule has 0 aromatic heterocycles. The average Bonchev–Trinajstić information content (AvgIpc) is 2.92. The van der Waals surface area contributed by atoms with Crippen LogP contribution in [0.4, 0.5) is 0 Å². The van der Waals surface area contributed by atoms with Crippen LogP contribution < -0.4 is 4.74 Å². The van der Waals surface area contributed by atoms with Crippen LogP contribution in [0.15, 0.2) is 18.2 Å². The van der Waals surface area contributed by atoms with Crippen molar-refractivity contribution < 1.29 is 9.53 Å². The Hall–Kier alpha value is -2.02. The molecule has 1 aliphatic rings. The third-order valence-electron chi connectivity index (χ3n) is 3.64. The molecule has 0 saturated carbocycles. The largest absolute Gasteiger partial charge is 0.493 e. The van der Waals surface area contributed by atoms with Crippen LogP contribution in [0.1, 0.15) is 30.4 Å². The smallest absolute Gasteiger partial charge is 0.225 e. The highest BCUT2D eigenvalue weighted by Gasteiger charge is 2.12. The molecule has 2 rings (SSSR count).